The summed E-state index contributed by atoms with van der Waals surface area (Å²) in [5.74, 6) is 3.78. The van der Waals surface area contributed by atoms with Gasteiger partial charge >= 0.3 is 0 Å². The molecule has 0 aliphatic heterocycles. The highest BCUT2D eigenvalue weighted by Crippen LogP contribution is 2.57. The normalized spacial score (nSPS) is 14.3. The minimum Gasteiger partial charge on any atom is -0.208 e. The highest BCUT2D eigenvalue weighted by atomic mass is 15.0. The lowest BCUT2D eigenvalue weighted by Gasteiger charge is -2.43. The van der Waals surface area contributed by atoms with Gasteiger partial charge in [-0.15, -0.1) is 0 Å². The van der Waals surface area contributed by atoms with Crippen molar-refractivity contribution in [1.82, 2.24) is 29.9 Å². The summed E-state index contributed by atoms with van der Waals surface area (Å²) >= 11 is 0. The van der Waals surface area contributed by atoms with E-state index < -0.39 is 0 Å². The van der Waals surface area contributed by atoms with Gasteiger partial charge in [0.2, 0.25) is 0 Å². The van der Waals surface area contributed by atoms with Gasteiger partial charge in [-0.3, -0.25) is 0 Å². The quantitative estimate of drug-likeness (QED) is 0.151. The van der Waals surface area contributed by atoms with Crippen molar-refractivity contribution in [3.05, 3.63) is 263 Å². The molecule has 0 radical (unpaired) electrons. The first-order chi connectivity index (χ1) is 35.3. The number of hydrogen-bond acceptors (Lipinski definition) is 6. The molecule has 0 amide bonds. The van der Waals surface area contributed by atoms with E-state index >= 15 is 0 Å². The fourth-order valence-electron chi connectivity index (χ4n) is 10.8. The summed E-state index contributed by atoms with van der Waals surface area (Å²) in [4.78, 5) is 31.4. The molecule has 0 saturated carbocycles. The zero-order chi connectivity index (χ0) is 48.3. The van der Waals surface area contributed by atoms with E-state index in [1.165, 1.54) is 38.9 Å². The minimum absolute atomic E-state index is 0.0155. The van der Waals surface area contributed by atoms with Gasteiger partial charge in [0, 0.05) is 45.2 Å². The van der Waals surface area contributed by atoms with Crippen LogP contribution in [0.3, 0.4) is 0 Å². The zero-order valence-corrected chi connectivity index (χ0v) is 40.2. The standard InChI is InChI=1S/C66H48N6/c1-66(2,3)47-34-37-52-57(40-47)59-51-36-33-45(62-67-60(43-24-12-6-13-25-43)69-64(71-62)53-30-18-16-28-48(53)41-20-8-4-9-21-41)38-55(51)58(52)50-35-32-46(39-56(50)59)63-68-61(44-26-14-7-15-27-44)70-65(72-63)54-31-19-17-29-49(54)42-22-10-5-11-23-42/h4-40,58-59H,1-3H3. The second-order valence-electron chi connectivity index (χ2n) is 19.8. The van der Waals surface area contributed by atoms with E-state index in [-0.39, 0.29) is 17.3 Å². The molecule has 9 aromatic carbocycles. The van der Waals surface area contributed by atoms with Crippen molar-refractivity contribution in [3.63, 3.8) is 0 Å². The van der Waals surface area contributed by atoms with Crippen molar-refractivity contribution in [3.8, 4) is 90.6 Å². The molecule has 6 heteroatoms. The second kappa shape index (κ2) is 17.4. The smallest absolute Gasteiger partial charge is 0.164 e. The molecule has 0 fully saturated rings. The highest BCUT2D eigenvalue weighted by molar-refractivity contribution is 5.84. The molecule has 3 aliphatic rings. The molecule has 2 aromatic heterocycles. The van der Waals surface area contributed by atoms with Crippen LogP contribution in [0.15, 0.2) is 224 Å². The number of hydrogen-bond donors (Lipinski definition) is 0. The van der Waals surface area contributed by atoms with Crippen LogP contribution in [0.5, 0.6) is 0 Å². The minimum atomic E-state index is -0.0276. The van der Waals surface area contributed by atoms with Crippen LogP contribution in [-0.2, 0) is 5.41 Å². The molecule has 11 aromatic rings. The summed E-state index contributed by atoms with van der Waals surface area (Å²) in [5.41, 5.74) is 19.1. The van der Waals surface area contributed by atoms with Crippen LogP contribution in [-0.4, -0.2) is 29.9 Å². The van der Waals surface area contributed by atoms with Gasteiger partial charge in [0.05, 0.1) is 0 Å². The van der Waals surface area contributed by atoms with Gasteiger partial charge in [0.15, 0.2) is 34.9 Å². The third-order valence-corrected chi connectivity index (χ3v) is 14.3. The highest BCUT2D eigenvalue weighted by Gasteiger charge is 2.42. The van der Waals surface area contributed by atoms with Crippen molar-refractivity contribution in [2.24, 2.45) is 0 Å². The average Bonchev–Trinajstić information content (AvgIpc) is 3.45. The lowest BCUT2D eigenvalue weighted by atomic mass is 9.60. The van der Waals surface area contributed by atoms with E-state index in [4.69, 9.17) is 29.9 Å². The van der Waals surface area contributed by atoms with E-state index in [2.05, 4.69) is 197 Å². The average molecular weight is 925 g/mol. The molecule has 2 heterocycles. The lowest BCUT2D eigenvalue weighted by Crippen LogP contribution is -2.28. The first kappa shape index (κ1) is 43.1. The fourth-order valence-corrected chi connectivity index (χ4v) is 10.8. The van der Waals surface area contributed by atoms with Crippen LogP contribution in [0.4, 0.5) is 0 Å². The van der Waals surface area contributed by atoms with Crippen LogP contribution in [0.1, 0.15) is 71.6 Å². The Bertz CT molecular complexity index is 3850. The Kier molecular flexibility index (Phi) is 10.4. The maximum atomic E-state index is 5.32. The Morgan fingerprint density at radius 3 is 0.958 bits per heavy atom. The van der Waals surface area contributed by atoms with Gasteiger partial charge in [0.1, 0.15) is 0 Å². The number of nitrogens with zero attached hydrogens (tertiary/aromatic N) is 6. The molecule has 3 aliphatic carbocycles. The number of rotatable bonds is 8. The first-order valence-electron chi connectivity index (χ1n) is 24.7. The maximum Gasteiger partial charge on any atom is 0.164 e. The summed E-state index contributed by atoms with van der Waals surface area (Å²) in [6, 6.07) is 79.0. The molecule has 0 N–H and O–H groups in total. The summed E-state index contributed by atoms with van der Waals surface area (Å²) in [6.45, 7) is 6.89. The van der Waals surface area contributed by atoms with Crippen LogP contribution in [0.2, 0.25) is 0 Å². The third-order valence-electron chi connectivity index (χ3n) is 14.3. The molecule has 2 atom stereocenters. The van der Waals surface area contributed by atoms with Gasteiger partial charge in [-0.1, -0.05) is 233 Å². The fraction of sp³-hybridized carbons (Fsp3) is 0.0909. The van der Waals surface area contributed by atoms with Crippen molar-refractivity contribution in [2.75, 3.05) is 0 Å². The topological polar surface area (TPSA) is 77.3 Å². The van der Waals surface area contributed by atoms with E-state index in [9.17, 15) is 0 Å². The van der Waals surface area contributed by atoms with Gasteiger partial charge in [0.25, 0.3) is 0 Å². The molecule has 2 unspecified atom stereocenters. The van der Waals surface area contributed by atoms with Crippen molar-refractivity contribution in [2.45, 2.75) is 38.0 Å². The summed E-state index contributed by atoms with van der Waals surface area (Å²) in [6.07, 6.45) is 0. The third kappa shape index (κ3) is 7.60. The van der Waals surface area contributed by atoms with Crippen LogP contribution >= 0.6 is 0 Å². The van der Waals surface area contributed by atoms with Crippen molar-refractivity contribution in [1.29, 1.82) is 0 Å². The van der Waals surface area contributed by atoms with E-state index in [1.807, 2.05) is 48.5 Å². The predicted octanol–water partition coefficient (Wildman–Crippen LogP) is 15.7. The Morgan fingerprint density at radius 2 is 0.556 bits per heavy atom. The lowest BCUT2D eigenvalue weighted by molar-refractivity contribution is 0.587. The van der Waals surface area contributed by atoms with Crippen molar-refractivity contribution >= 4 is 0 Å². The molecule has 14 rings (SSSR count). The number of benzene rings is 9. The molecule has 0 spiro atoms. The SMILES string of the molecule is CC(C)(C)c1ccc2c(c1)C1c3ccc(-c4nc(-c5ccccc5)nc(-c5ccccc5-c5ccccc5)n4)cc3C2c2ccc(-c3nc(-c4ccccc4)nc(-c4ccccc4-c4ccccc4)n3)cc21. The van der Waals surface area contributed by atoms with E-state index in [0.717, 1.165) is 55.6 Å². The van der Waals surface area contributed by atoms with Crippen LogP contribution in [0, 0.1) is 0 Å². The molecule has 0 saturated heterocycles. The molecule has 2 bridgehead atoms. The van der Waals surface area contributed by atoms with Crippen molar-refractivity contribution < 1.29 is 0 Å². The van der Waals surface area contributed by atoms with Crippen LogP contribution < -0.4 is 0 Å². The monoisotopic (exact) mass is 924 g/mol. The summed E-state index contributed by atoms with van der Waals surface area (Å²) in [7, 11) is 0. The van der Waals surface area contributed by atoms with Gasteiger partial charge in [-0.05, 0) is 78.7 Å². The van der Waals surface area contributed by atoms with Gasteiger partial charge in [-0.2, -0.15) is 0 Å². The van der Waals surface area contributed by atoms with E-state index in [0.29, 0.717) is 34.9 Å². The maximum absolute atomic E-state index is 5.32. The first-order valence-corrected chi connectivity index (χ1v) is 24.7. The Morgan fingerprint density at radius 1 is 0.250 bits per heavy atom. The second-order valence-corrected chi connectivity index (χ2v) is 19.8. The zero-order valence-electron chi connectivity index (χ0n) is 40.2. The Labute approximate surface area is 419 Å². The van der Waals surface area contributed by atoms with Crippen LogP contribution in [0.25, 0.3) is 90.6 Å². The molecule has 72 heavy (non-hydrogen) atoms. The number of aromatic nitrogens is 6. The Balaban J connectivity index is 0.968. The summed E-state index contributed by atoms with van der Waals surface area (Å²) in [5, 5.41) is 0. The van der Waals surface area contributed by atoms with Gasteiger partial charge < -0.3 is 0 Å². The summed E-state index contributed by atoms with van der Waals surface area (Å²) < 4.78 is 0. The Hall–Kier alpha value is -9.00. The predicted molar refractivity (Wildman–Crippen MR) is 290 cm³/mol. The molecule has 6 nitrogen and oxygen atoms in total. The van der Waals surface area contributed by atoms with E-state index in [1.54, 1.807) is 0 Å². The largest absolute Gasteiger partial charge is 0.208 e. The molecule has 342 valence electrons. The molecular formula is C66H48N6. The molecular weight excluding hydrogens is 877 g/mol. The van der Waals surface area contributed by atoms with Gasteiger partial charge in [-0.25, -0.2) is 29.9 Å².